The molecule has 3 atom stereocenters. The van der Waals surface area contributed by atoms with Gasteiger partial charge in [-0.2, -0.15) is 0 Å². The lowest BCUT2D eigenvalue weighted by molar-refractivity contribution is 0.333. The van der Waals surface area contributed by atoms with Crippen LogP contribution in [0.2, 0.25) is 0 Å². The van der Waals surface area contributed by atoms with E-state index in [0.717, 1.165) is 12.3 Å². The van der Waals surface area contributed by atoms with E-state index in [9.17, 15) is 5.11 Å². The van der Waals surface area contributed by atoms with Gasteiger partial charge in [0.2, 0.25) is 0 Å². The Labute approximate surface area is 122 Å². The Balaban J connectivity index is 1.82. The van der Waals surface area contributed by atoms with Crippen LogP contribution in [-0.2, 0) is 0 Å². The van der Waals surface area contributed by atoms with Gasteiger partial charge in [0.25, 0.3) is 0 Å². The van der Waals surface area contributed by atoms with Gasteiger partial charge in [-0.3, -0.25) is 0 Å². The molecule has 1 fully saturated rings. The summed E-state index contributed by atoms with van der Waals surface area (Å²) in [7, 11) is 0. The van der Waals surface area contributed by atoms with Crippen molar-refractivity contribution in [2.75, 3.05) is 0 Å². The Kier molecular flexibility index (Phi) is 3.76. The van der Waals surface area contributed by atoms with E-state index in [1.54, 1.807) is 0 Å². The quantitative estimate of drug-likeness (QED) is 0.854. The van der Waals surface area contributed by atoms with E-state index >= 15 is 0 Å². The van der Waals surface area contributed by atoms with Crippen molar-refractivity contribution in [1.29, 1.82) is 0 Å². The van der Waals surface area contributed by atoms with E-state index in [4.69, 9.17) is 0 Å². The van der Waals surface area contributed by atoms with Crippen LogP contribution in [0.25, 0.3) is 0 Å². The average Bonchev–Trinajstić information content (AvgIpc) is 3.03. The van der Waals surface area contributed by atoms with Crippen molar-refractivity contribution in [2.24, 2.45) is 5.92 Å². The number of aryl methyl sites for hydroxylation is 1. The number of hydrogen-bond acceptors (Lipinski definition) is 2. The van der Waals surface area contributed by atoms with Crippen LogP contribution in [0, 0.1) is 12.8 Å². The fourth-order valence-electron chi connectivity index (χ4n) is 4.41. The summed E-state index contributed by atoms with van der Waals surface area (Å²) in [6.07, 6.45) is 6.62. The van der Waals surface area contributed by atoms with Gasteiger partial charge < -0.3 is 10.4 Å². The number of phenolic OH excluding ortho intramolecular Hbond substituents is 1. The Morgan fingerprint density at radius 2 is 1.90 bits per heavy atom. The van der Waals surface area contributed by atoms with Crippen LogP contribution in [0.4, 0.5) is 0 Å². The zero-order chi connectivity index (χ0) is 14.3. The van der Waals surface area contributed by atoms with Crippen LogP contribution in [0.3, 0.4) is 0 Å². The zero-order valence-corrected chi connectivity index (χ0v) is 12.9. The van der Waals surface area contributed by atoms with Gasteiger partial charge in [-0.15, -0.1) is 0 Å². The predicted molar refractivity (Wildman–Crippen MR) is 83.2 cm³/mol. The molecule has 0 heterocycles. The molecule has 3 rings (SSSR count). The Bertz CT molecular complexity index is 490. The first-order valence-corrected chi connectivity index (χ1v) is 8.16. The van der Waals surface area contributed by atoms with Gasteiger partial charge >= 0.3 is 0 Å². The third-order valence-electron chi connectivity index (χ3n) is 5.48. The predicted octanol–water partition coefficient (Wildman–Crippen LogP) is 4.42. The van der Waals surface area contributed by atoms with E-state index in [2.05, 4.69) is 26.1 Å². The molecule has 2 aliphatic rings. The van der Waals surface area contributed by atoms with Crippen LogP contribution in [-0.4, -0.2) is 11.1 Å². The summed E-state index contributed by atoms with van der Waals surface area (Å²) < 4.78 is 0. The normalized spacial score (nSPS) is 27.8. The first-order valence-electron chi connectivity index (χ1n) is 8.16. The highest BCUT2D eigenvalue weighted by Crippen LogP contribution is 2.46. The van der Waals surface area contributed by atoms with Gasteiger partial charge in [0, 0.05) is 17.6 Å². The largest absolute Gasteiger partial charge is 0.508 e. The number of aromatic hydroxyl groups is 1. The van der Waals surface area contributed by atoms with Crippen molar-refractivity contribution in [3.63, 3.8) is 0 Å². The summed E-state index contributed by atoms with van der Waals surface area (Å²) in [6, 6.07) is 4.80. The monoisotopic (exact) mass is 273 g/mol. The van der Waals surface area contributed by atoms with Crippen molar-refractivity contribution < 1.29 is 5.11 Å². The molecular formula is C18H27NO. The average molecular weight is 273 g/mol. The molecule has 2 nitrogen and oxygen atoms in total. The van der Waals surface area contributed by atoms with Gasteiger partial charge in [-0.25, -0.2) is 0 Å². The highest BCUT2D eigenvalue weighted by molar-refractivity contribution is 5.50. The number of phenols is 1. The van der Waals surface area contributed by atoms with E-state index in [0.29, 0.717) is 23.8 Å². The molecule has 0 aliphatic heterocycles. The van der Waals surface area contributed by atoms with E-state index < -0.39 is 0 Å². The number of hydrogen-bond donors (Lipinski definition) is 2. The summed E-state index contributed by atoms with van der Waals surface area (Å²) in [5.41, 5.74) is 3.87. The molecule has 20 heavy (non-hydrogen) atoms. The van der Waals surface area contributed by atoms with Gasteiger partial charge in [-0.1, -0.05) is 25.8 Å². The molecule has 0 amide bonds. The van der Waals surface area contributed by atoms with Crippen molar-refractivity contribution >= 4 is 0 Å². The fraction of sp³-hybridized carbons (Fsp3) is 0.667. The maximum atomic E-state index is 10.3. The molecule has 0 radical (unpaired) electrons. The molecule has 1 aromatic rings. The topological polar surface area (TPSA) is 32.3 Å². The van der Waals surface area contributed by atoms with Crippen molar-refractivity contribution in [3.8, 4) is 5.75 Å². The standard InChI is InChI=1S/C18H27NO/c1-11-8-9-16(20)18-15(10-12(2)17(11)18)19-13(3)14-6-4-5-7-14/h8-9,12-15,19-20H,4-7,10H2,1-3H3. The van der Waals surface area contributed by atoms with Gasteiger partial charge in [-0.05, 0) is 62.1 Å². The minimum Gasteiger partial charge on any atom is -0.508 e. The number of rotatable bonds is 3. The summed E-state index contributed by atoms with van der Waals surface area (Å²) in [4.78, 5) is 0. The molecule has 0 bridgehead atoms. The second kappa shape index (κ2) is 5.40. The fourth-order valence-corrected chi connectivity index (χ4v) is 4.41. The number of fused-ring (bicyclic) bond motifs is 1. The summed E-state index contributed by atoms with van der Waals surface area (Å²) in [5, 5.41) is 14.1. The molecule has 0 aromatic heterocycles. The molecule has 1 saturated carbocycles. The van der Waals surface area contributed by atoms with Gasteiger partial charge in [0.1, 0.15) is 5.75 Å². The first kappa shape index (κ1) is 13.9. The second-order valence-electron chi connectivity index (χ2n) is 6.92. The lowest BCUT2D eigenvalue weighted by Crippen LogP contribution is -2.34. The van der Waals surface area contributed by atoms with E-state index in [1.165, 1.54) is 42.4 Å². The van der Waals surface area contributed by atoms with Crippen LogP contribution >= 0.6 is 0 Å². The molecule has 2 aliphatic carbocycles. The minimum atomic E-state index is 0.329. The maximum absolute atomic E-state index is 10.3. The molecular weight excluding hydrogens is 246 g/mol. The Hall–Kier alpha value is -1.02. The lowest BCUT2D eigenvalue weighted by atomic mass is 9.96. The molecule has 2 N–H and O–H groups in total. The van der Waals surface area contributed by atoms with E-state index in [-0.39, 0.29) is 0 Å². The van der Waals surface area contributed by atoms with Crippen LogP contribution in [0.5, 0.6) is 5.75 Å². The van der Waals surface area contributed by atoms with Crippen LogP contribution in [0.1, 0.15) is 74.6 Å². The van der Waals surface area contributed by atoms with Crippen LogP contribution in [0.15, 0.2) is 12.1 Å². The molecule has 110 valence electrons. The van der Waals surface area contributed by atoms with Crippen molar-refractivity contribution in [3.05, 3.63) is 28.8 Å². The first-order chi connectivity index (χ1) is 9.58. The van der Waals surface area contributed by atoms with Crippen LogP contribution < -0.4 is 5.32 Å². The Morgan fingerprint density at radius 3 is 2.60 bits per heavy atom. The second-order valence-corrected chi connectivity index (χ2v) is 6.92. The SMILES string of the molecule is Cc1ccc(O)c2c1C(C)CC2NC(C)C1CCCC1. The highest BCUT2D eigenvalue weighted by atomic mass is 16.3. The molecule has 0 spiro atoms. The third-order valence-corrected chi connectivity index (χ3v) is 5.48. The number of nitrogens with one attached hydrogen (secondary N) is 1. The summed E-state index contributed by atoms with van der Waals surface area (Å²) in [6.45, 7) is 6.77. The lowest BCUT2D eigenvalue weighted by Gasteiger charge is -2.25. The van der Waals surface area contributed by atoms with E-state index in [1.807, 2.05) is 12.1 Å². The number of benzene rings is 1. The molecule has 1 aromatic carbocycles. The maximum Gasteiger partial charge on any atom is 0.120 e. The third kappa shape index (κ3) is 2.35. The highest BCUT2D eigenvalue weighted by Gasteiger charge is 2.34. The molecule has 3 unspecified atom stereocenters. The van der Waals surface area contributed by atoms with Crippen molar-refractivity contribution in [1.82, 2.24) is 5.32 Å². The Morgan fingerprint density at radius 1 is 1.20 bits per heavy atom. The summed E-state index contributed by atoms with van der Waals surface area (Å²) >= 11 is 0. The summed E-state index contributed by atoms with van der Waals surface area (Å²) in [5.74, 6) is 1.85. The van der Waals surface area contributed by atoms with Gasteiger partial charge in [0.15, 0.2) is 0 Å². The zero-order valence-electron chi connectivity index (χ0n) is 12.9. The smallest absolute Gasteiger partial charge is 0.120 e. The minimum absolute atomic E-state index is 0.329. The van der Waals surface area contributed by atoms with Crippen molar-refractivity contribution in [2.45, 2.75) is 70.9 Å². The molecule has 0 saturated heterocycles. The molecule has 2 heteroatoms. The van der Waals surface area contributed by atoms with Gasteiger partial charge in [0.05, 0.1) is 0 Å².